The van der Waals surface area contributed by atoms with E-state index in [4.69, 9.17) is 0 Å². The maximum atomic E-state index is 12.4. The molecular formula is C18H21NO. The van der Waals surface area contributed by atoms with Crippen LogP contribution in [0.5, 0.6) is 0 Å². The quantitative estimate of drug-likeness (QED) is 0.870. The van der Waals surface area contributed by atoms with Crippen LogP contribution in [0.3, 0.4) is 0 Å². The third-order valence-electron chi connectivity index (χ3n) is 4.44. The first-order valence-corrected chi connectivity index (χ1v) is 7.54. The Labute approximate surface area is 120 Å². The zero-order chi connectivity index (χ0) is 13.9. The molecule has 1 N–H and O–H groups in total. The van der Waals surface area contributed by atoms with Gasteiger partial charge in [-0.05, 0) is 41.7 Å². The minimum Gasteiger partial charge on any atom is -0.349 e. The predicted molar refractivity (Wildman–Crippen MR) is 82.8 cm³/mol. The maximum absolute atomic E-state index is 12.4. The van der Waals surface area contributed by atoms with Crippen LogP contribution >= 0.6 is 0 Å². The average molecular weight is 267 g/mol. The van der Waals surface area contributed by atoms with Gasteiger partial charge >= 0.3 is 0 Å². The molecular weight excluding hydrogens is 246 g/mol. The second-order valence-electron chi connectivity index (χ2n) is 5.90. The van der Waals surface area contributed by atoms with E-state index in [0.29, 0.717) is 12.0 Å². The minimum absolute atomic E-state index is 0.0644. The number of benzene rings is 2. The Morgan fingerprint density at radius 1 is 1.05 bits per heavy atom. The molecule has 1 fully saturated rings. The van der Waals surface area contributed by atoms with Crippen molar-refractivity contribution in [3.8, 4) is 0 Å². The van der Waals surface area contributed by atoms with Crippen molar-refractivity contribution in [2.24, 2.45) is 5.92 Å². The van der Waals surface area contributed by atoms with Crippen molar-refractivity contribution in [2.75, 3.05) is 0 Å². The Kier molecular flexibility index (Phi) is 3.72. The van der Waals surface area contributed by atoms with Gasteiger partial charge in [0.1, 0.15) is 0 Å². The largest absolute Gasteiger partial charge is 0.349 e. The van der Waals surface area contributed by atoms with E-state index >= 15 is 0 Å². The first-order valence-electron chi connectivity index (χ1n) is 7.54. The lowest BCUT2D eigenvalue weighted by Gasteiger charge is -2.29. The highest BCUT2D eigenvalue weighted by Gasteiger charge is 2.23. The van der Waals surface area contributed by atoms with E-state index in [0.717, 1.165) is 17.4 Å². The van der Waals surface area contributed by atoms with Gasteiger partial charge in [-0.3, -0.25) is 4.79 Å². The summed E-state index contributed by atoms with van der Waals surface area (Å²) < 4.78 is 0. The SMILES string of the molecule is C[C@H]1CCCC[C@@H]1NC(=O)c1ccc2ccccc2c1. The van der Waals surface area contributed by atoms with E-state index < -0.39 is 0 Å². The van der Waals surface area contributed by atoms with E-state index in [1.54, 1.807) is 0 Å². The molecule has 0 radical (unpaired) electrons. The Morgan fingerprint density at radius 2 is 1.80 bits per heavy atom. The van der Waals surface area contributed by atoms with Crippen molar-refractivity contribution in [3.63, 3.8) is 0 Å². The van der Waals surface area contributed by atoms with Gasteiger partial charge in [-0.1, -0.05) is 50.1 Å². The zero-order valence-corrected chi connectivity index (χ0v) is 11.9. The van der Waals surface area contributed by atoms with Gasteiger partial charge in [0.05, 0.1) is 0 Å². The molecule has 104 valence electrons. The normalized spacial score (nSPS) is 22.6. The van der Waals surface area contributed by atoms with Crippen molar-refractivity contribution in [1.82, 2.24) is 5.32 Å². The van der Waals surface area contributed by atoms with Crippen LogP contribution in [-0.2, 0) is 0 Å². The van der Waals surface area contributed by atoms with Crippen molar-refractivity contribution >= 4 is 16.7 Å². The Bertz CT molecular complexity index is 620. The summed E-state index contributed by atoms with van der Waals surface area (Å²) in [6.45, 7) is 2.24. The number of amides is 1. The molecule has 2 nitrogen and oxygen atoms in total. The topological polar surface area (TPSA) is 29.1 Å². The van der Waals surface area contributed by atoms with E-state index in [-0.39, 0.29) is 5.91 Å². The Morgan fingerprint density at radius 3 is 2.60 bits per heavy atom. The van der Waals surface area contributed by atoms with Crippen LogP contribution in [0.2, 0.25) is 0 Å². The summed E-state index contributed by atoms with van der Waals surface area (Å²) in [5.41, 5.74) is 0.765. The number of fused-ring (bicyclic) bond motifs is 1. The van der Waals surface area contributed by atoms with Crippen LogP contribution in [0.25, 0.3) is 10.8 Å². The molecule has 0 bridgehead atoms. The van der Waals surface area contributed by atoms with E-state index in [1.165, 1.54) is 24.6 Å². The number of carbonyl (C=O) groups excluding carboxylic acids is 1. The summed E-state index contributed by atoms with van der Waals surface area (Å²) in [6.07, 6.45) is 4.86. The monoisotopic (exact) mass is 267 g/mol. The molecule has 20 heavy (non-hydrogen) atoms. The number of nitrogens with one attached hydrogen (secondary N) is 1. The summed E-state index contributed by atoms with van der Waals surface area (Å²) in [4.78, 5) is 12.4. The summed E-state index contributed by atoms with van der Waals surface area (Å²) in [5.74, 6) is 0.655. The summed E-state index contributed by atoms with van der Waals surface area (Å²) in [5, 5.41) is 5.51. The molecule has 1 amide bonds. The van der Waals surface area contributed by atoms with Gasteiger partial charge in [0, 0.05) is 11.6 Å². The lowest BCUT2D eigenvalue weighted by molar-refractivity contribution is 0.0910. The molecule has 0 unspecified atom stereocenters. The van der Waals surface area contributed by atoms with Gasteiger partial charge in [-0.15, -0.1) is 0 Å². The van der Waals surface area contributed by atoms with Crippen LogP contribution in [0, 0.1) is 5.92 Å². The first kappa shape index (κ1) is 13.2. The molecule has 2 aromatic carbocycles. The van der Waals surface area contributed by atoms with Gasteiger partial charge in [-0.2, -0.15) is 0 Å². The molecule has 1 aliphatic rings. The van der Waals surface area contributed by atoms with Crippen molar-refractivity contribution < 1.29 is 4.79 Å². The van der Waals surface area contributed by atoms with Gasteiger partial charge in [0.2, 0.25) is 0 Å². The highest BCUT2D eigenvalue weighted by molar-refractivity contribution is 5.98. The summed E-state index contributed by atoms with van der Waals surface area (Å²) >= 11 is 0. The standard InChI is InChI=1S/C18H21NO/c1-13-6-2-5-9-17(13)19-18(20)16-11-10-14-7-3-4-8-15(14)12-16/h3-4,7-8,10-13,17H,2,5-6,9H2,1H3,(H,19,20)/t13-,17-/m0/s1. The highest BCUT2D eigenvalue weighted by Crippen LogP contribution is 2.24. The summed E-state index contributed by atoms with van der Waals surface area (Å²) in [6, 6.07) is 14.4. The van der Waals surface area contributed by atoms with Crippen molar-refractivity contribution in [2.45, 2.75) is 38.6 Å². The molecule has 2 heteroatoms. The number of carbonyl (C=O) groups is 1. The number of rotatable bonds is 2. The molecule has 3 rings (SSSR count). The molecule has 0 saturated heterocycles. The maximum Gasteiger partial charge on any atom is 0.251 e. The number of hydrogen-bond donors (Lipinski definition) is 1. The van der Waals surface area contributed by atoms with Crippen molar-refractivity contribution in [1.29, 1.82) is 0 Å². The predicted octanol–water partition coefficient (Wildman–Crippen LogP) is 4.15. The lowest BCUT2D eigenvalue weighted by atomic mass is 9.86. The molecule has 0 heterocycles. The molecule has 0 spiro atoms. The minimum atomic E-state index is 0.0644. The fourth-order valence-corrected chi connectivity index (χ4v) is 3.11. The molecule has 2 atom stereocenters. The fraction of sp³-hybridized carbons (Fsp3) is 0.389. The third-order valence-corrected chi connectivity index (χ3v) is 4.44. The smallest absolute Gasteiger partial charge is 0.251 e. The molecule has 0 aromatic heterocycles. The second kappa shape index (κ2) is 5.66. The van der Waals surface area contributed by atoms with Crippen LogP contribution in [0.15, 0.2) is 42.5 Å². The van der Waals surface area contributed by atoms with Crippen LogP contribution < -0.4 is 5.32 Å². The average Bonchev–Trinajstić information content (AvgIpc) is 2.49. The van der Waals surface area contributed by atoms with Gasteiger partial charge < -0.3 is 5.32 Å². The first-order chi connectivity index (χ1) is 9.74. The van der Waals surface area contributed by atoms with E-state index in [1.807, 2.05) is 30.3 Å². The molecule has 2 aromatic rings. The fourth-order valence-electron chi connectivity index (χ4n) is 3.11. The summed E-state index contributed by atoms with van der Waals surface area (Å²) in [7, 11) is 0. The van der Waals surface area contributed by atoms with E-state index in [9.17, 15) is 4.79 Å². The molecule has 1 aliphatic carbocycles. The number of hydrogen-bond acceptors (Lipinski definition) is 1. The Hall–Kier alpha value is -1.83. The van der Waals surface area contributed by atoms with Crippen LogP contribution in [0.1, 0.15) is 43.0 Å². The lowest BCUT2D eigenvalue weighted by Crippen LogP contribution is -2.41. The highest BCUT2D eigenvalue weighted by atomic mass is 16.1. The zero-order valence-electron chi connectivity index (χ0n) is 11.9. The van der Waals surface area contributed by atoms with Crippen molar-refractivity contribution in [3.05, 3.63) is 48.0 Å². The van der Waals surface area contributed by atoms with Gasteiger partial charge in [0.15, 0.2) is 0 Å². The molecule has 0 aliphatic heterocycles. The van der Waals surface area contributed by atoms with Crippen LogP contribution in [-0.4, -0.2) is 11.9 Å². The second-order valence-corrected chi connectivity index (χ2v) is 5.90. The van der Waals surface area contributed by atoms with Crippen LogP contribution in [0.4, 0.5) is 0 Å². The van der Waals surface area contributed by atoms with Gasteiger partial charge in [-0.25, -0.2) is 0 Å². The van der Waals surface area contributed by atoms with E-state index in [2.05, 4.69) is 24.4 Å². The third kappa shape index (κ3) is 2.69. The molecule has 1 saturated carbocycles. The van der Waals surface area contributed by atoms with Gasteiger partial charge in [0.25, 0.3) is 5.91 Å². The Balaban J connectivity index is 1.78.